The molecule has 1 amide bonds. The number of para-hydroxylation sites is 1. The van der Waals surface area contributed by atoms with Crippen molar-refractivity contribution in [3.63, 3.8) is 0 Å². The molecule has 158 valence electrons. The molecule has 0 N–H and O–H groups in total. The molecule has 1 atom stereocenters. The molecule has 0 aliphatic carbocycles. The average Bonchev–Trinajstić information content (AvgIpc) is 3.13. The van der Waals surface area contributed by atoms with E-state index in [0.717, 1.165) is 55.9 Å². The summed E-state index contributed by atoms with van der Waals surface area (Å²) in [4.78, 5) is 28.8. The van der Waals surface area contributed by atoms with E-state index in [-0.39, 0.29) is 11.9 Å². The minimum Gasteiger partial charge on any atom is -0.492 e. The number of rotatable bonds is 5. The fourth-order valence-corrected chi connectivity index (χ4v) is 4.31. The molecule has 0 radical (unpaired) electrons. The Bertz CT molecular complexity index is 914. The second-order valence-electron chi connectivity index (χ2n) is 8.06. The first-order valence-corrected chi connectivity index (χ1v) is 10.5. The summed E-state index contributed by atoms with van der Waals surface area (Å²) in [6, 6.07) is 15.6. The number of amides is 1. The SMILES string of the molecule is COC(=O)c1cccc(CC2CCN(C(=O)CN3CCOc4ccccc4C3)C2)c1. The summed E-state index contributed by atoms with van der Waals surface area (Å²) in [6.07, 6.45) is 1.85. The van der Waals surface area contributed by atoms with Gasteiger partial charge in [-0.15, -0.1) is 0 Å². The highest BCUT2D eigenvalue weighted by atomic mass is 16.5. The van der Waals surface area contributed by atoms with Gasteiger partial charge in [0, 0.05) is 31.7 Å². The first-order valence-electron chi connectivity index (χ1n) is 10.5. The summed E-state index contributed by atoms with van der Waals surface area (Å²) in [7, 11) is 1.39. The molecule has 30 heavy (non-hydrogen) atoms. The number of carbonyl (C=O) groups is 2. The second kappa shape index (κ2) is 9.30. The van der Waals surface area contributed by atoms with Crippen LogP contribution in [0.4, 0.5) is 0 Å². The minimum absolute atomic E-state index is 0.181. The molecule has 2 aromatic carbocycles. The summed E-state index contributed by atoms with van der Waals surface area (Å²) in [5.41, 5.74) is 2.82. The van der Waals surface area contributed by atoms with Crippen molar-refractivity contribution in [2.75, 3.05) is 39.9 Å². The Morgan fingerprint density at radius 2 is 2.00 bits per heavy atom. The van der Waals surface area contributed by atoms with Crippen molar-refractivity contribution in [3.8, 4) is 5.75 Å². The zero-order valence-electron chi connectivity index (χ0n) is 17.4. The third kappa shape index (κ3) is 4.82. The Hall–Kier alpha value is -2.86. The molecule has 1 saturated heterocycles. The smallest absolute Gasteiger partial charge is 0.337 e. The molecule has 1 unspecified atom stereocenters. The van der Waals surface area contributed by atoms with Crippen molar-refractivity contribution in [2.45, 2.75) is 19.4 Å². The number of carbonyl (C=O) groups excluding carboxylic acids is 2. The third-order valence-corrected chi connectivity index (χ3v) is 5.90. The van der Waals surface area contributed by atoms with Crippen LogP contribution >= 0.6 is 0 Å². The van der Waals surface area contributed by atoms with Gasteiger partial charge in [0.25, 0.3) is 0 Å². The van der Waals surface area contributed by atoms with E-state index in [0.29, 0.717) is 24.6 Å². The standard InChI is InChI=1S/C24H28N2O4/c1-29-24(28)20-7-4-5-18(14-20)13-19-9-10-26(15-19)23(27)17-25-11-12-30-22-8-3-2-6-21(22)16-25/h2-8,14,19H,9-13,15-17H2,1H3. The zero-order chi connectivity index (χ0) is 20.9. The van der Waals surface area contributed by atoms with Gasteiger partial charge < -0.3 is 14.4 Å². The van der Waals surface area contributed by atoms with E-state index < -0.39 is 0 Å². The van der Waals surface area contributed by atoms with Crippen molar-refractivity contribution in [2.24, 2.45) is 5.92 Å². The molecule has 2 aliphatic heterocycles. The molecule has 6 heteroatoms. The Morgan fingerprint density at radius 3 is 2.87 bits per heavy atom. The lowest BCUT2D eigenvalue weighted by molar-refractivity contribution is -0.131. The molecular formula is C24H28N2O4. The Labute approximate surface area is 177 Å². The first kappa shape index (κ1) is 20.4. The lowest BCUT2D eigenvalue weighted by Crippen LogP contribution is -2.40. The first-order chi connectivity index (χ1) is 14.6. The van der Waals surface area contributed by atoms with Crippen LogP contribution in [0.1, 0.15) is 27.9 Å². The van der Waals surface area contributed by atoms with E-state index in [1.165, 1.54) is 7.11 Å². The van der Waals surface area contributed by atoms with Gasteiger partial charge in [0.1, 0.15) is 12.4 Å². The maximum absolute atomic E-state index is 12.9. The summed E-state index contributed by atoms with van der Waals surface area (Å²) in [5.74, 6) is 1.20. The number of methoxy groups -OCH3 is 1. The molecule has 0 bridgehead atoms. The second-order valence-corrected chi connectivity index (χ2v) is 8.06. The molecule has 1 fully saturated rings. The van der Waals surface area contributed by atoms with Gasteiger partial charge in [-0.25, -0.2) is 4.79 Å². The number of likely N-dealkylation sites (tertiary alicyclic amines) is 1. The molecule has 2 aliphatic rings. The summed E-state index contributed by atoms with van der Waals surface area (Å²) < 4.78 is 10.6. The topological polar surface area (TPSA) is 59.1 Å². The van der Waals surface area contributed by atoms with Gasteiger partial charge in [0.15, 0.2) is 0 Å². The van der Waals surface area contributed by atoms with E-state index >= 15 is 0 Å². The van der Waals surface area contributed by atoms with Gasteiger partial charge >= 0.3 is 5.97 Å². The summed E-state index contributed by atoms with van der Waals surface area (Å²) in [6.45, 7) is 4.06. The van der Waals surface area contributed by atoms with Gasteiger partial charge in [-0.05, 0) is 42.5 Å². The van der Waals surface area contributed by atoms with Gasteiger partial charge in [-0.2, -0.15) is 0 Å². The van der Waals surface area contributed by atoms with Gasteiger partial charge in [0.2, 0.25) is 5.91 Å². The molecule has 2 aromatic rings. The van der Waals surface area contributed by atoms with Crippen molar-refractivity contribution >= 4 is 11.9 Å². The van der Waals surface area contributed by atoms with Gasteiger partial charge in [-0.3, -0.25) is 9.69 Å². The van der Waals surface area contributed by atoms with Crippen LogP contribution < -0.4 is 4.74 Å². The van der Waals surface area contributed by atoms with E-state index in [1.807, 2.05) is 41.3 Å². The minimum atomic E-state index is -0.317. The van der Waals surface area contributed by atoms with Gasteiger partial charge in [-0.1, -0.05) is 30.3 Å². The lowest BCUT2D eigenvalue weighted by Gasteiger charge is -2.23. The number of nitrogens with zero attached hydrogens (tertiary/aromatic N) is 2. The number of benzene rings is 2. The zero-order valence-corrected chi connectivity index (χ0v) is 17.4. The van der Waals surface area contributed by atoms with Crippen molar-refractivity contribution < 1.29 is 19.1 Å². The largest absolute Gasteiger partial charge is 0.492 e. The number of ether oxygens (including phenoxy) is 2. The number of fused-ring (bicyclic) bond motifs is 1. The average molecular weight is 408 g/mol. The Kier molecular flexibility index (Phi) is 6.33. The van der Waals surface area contributed by atoms with Crippen molar-refractivity contribution in [1.29, 1.82) is 0 Å². The summed E-state index contributed by atoms with van der Waals surface area (Å²) >= 11 is 0. The third-order valence-electron chi connectivity index (χ3n) is 5.90. The molecule has 4 rings (SSSR count). The van der Waals surface area contributed by atoms with Crippen LogP contribution in [0.5, 0.6) is 5.75 Å². The van der Waals surface area contributed by atoms with E-state index in [2.05, 4.69) is 11.0 Å². The number of hydrogen-bond acceptors (Lipinski definition) is 5. The normalized spacial score (nSPS) is 19.0. The quantitative estimate of drug-likeness (QED) is 0.712. The highest BCUT2D eigenvalue weighted by molar-refractivity contribution is 5.89. The fourth-order valence-electron chi connectivity index (χ4n) is 4.31. The molecule has 0 spiro atoms. The van der Waals surface area contributed by atoms with Crippen LogP contribution in [0, 0.1) is 5.92 Å². The molecule has 6 nitrogen and oxygen atoms in total. The van der Waals surface area contributed by atoms with Crippen LogP contribution in [-0.4, -0.2) is 61.6 Å². The van der Waals surface area contributed by atoms with E-state index in [9.17, 15) is 9.59 Å². The highest BCUT2D eigenvalue weighted by Crippen LogP contribution is 2.24. The maximum Gasteiger partial charge on any atom is 0.337 e. The lowest BCUT2D eigenvalue weighted by atomic mass is 9.97. The van der Waals surface area contributed by atoms with Crippen LogP contribution in [0.25, 0.3) is 0 Å². The van der Waals surface area contributed by atoms with E-state index in [4.69, 9.17) is 9.47 Å². The fraction of sp³-hybridized carbons (Fsp3) is 0.417. The van der Waals surface area contributed by atoms with Crippen LogP contribution in [0.2, 0.25) is 0 Å². The van der Waals surface area contributed by atoms with E-state index in [1.54, 1.807) is 6.07 Å². The summed E-state index contributed by atoms with van der Waals surface area (Å²) in [5, 5.41) is 0. The molecule has 0 saturated carbocycles. The van der Waals surface area contributed by atoms with Crippen LogP contribution in [-0.2, 0) is 22.5 Å². The highest BCUT2D eigenvalue weighted by Gasteiger charge is 2.28. The number of hydrogen-bond donors (Lipinski definition) is 0. The molecule has 2 heterocycles. The van der Waals surface area contributed by atoms with Crippen LogP contribution in [0.15, 0.2) is 48.5 Å². The predicted octanol–water partition coefficient (Wildman–Crippen LogP) is 2.76. The Morgan fingerprint density at radius 1 is 1.13 bits per heavy atom. The van der Waals surface area contributed by atoms with Crippen molar-refractivity contribution in [1.82, 2.24) is 9.80 Å². The molecular weight excluding hydrogens is 380 g/mol. The van der Waals surface area contributed by atoms with Crippen molar-refractivity contribution in [3.05, 3.63) is 65.2 Å². The number of esters is 1. The maximum atomic E-state index is 12.9. The monoisotopic (exact) mass is 408 g/mol. The van der Waals surface area contributed by atoms with Crippen LogP contribution in [0.3, 0.4) is 0 Å². The molecule has 0 aromatic heterocycles. The predicted molar refractivity (Wildman–Crippen MR) is 113 cm³/mol. The van der Waals surface area contributed by atoms with Gasteiger partial charge in [0.05, 0.1) is 19.2 Å². The Balaban J connectivity index is 1.31.